The van der Waals surface area contributed by atoms with Crippen LogP contribution >= 0.6 is 0 Å². The Kier molecular flexibility index (Phi) is 6.72. The first-order valence-corrected chi connectivity index (χ1v) is 11.2. The van der Waals surface area contributed by atoms with E-state index in [0.29, 0.717) is 35.8 Å². The molecule has 1 amide bonds. The quantitative estimate of drug-likeness (QED) is 0.374. The molecule has 4 heterocycles. The van der Waals surface area contributed by atoms with Gasteiger partial charge in [0.25, 0.3) is 0 Å². The number of carbonyl (C=O) groups is 1. The lowest BCUT2D eigenvalue weighted by Crippen LogP contribution is -2.35. The smallest absolute Gasteiger partial charge is 0.407 e. The Morgan fingerprint density at radius 3 is 2.80 bits per heavy atom. The van der Waals surface area contributed by atoms with Crippen molar-refractivity contribution >= 4 is 23.1 Å². The minimum Gasteiger partial charge on any atom is -0.447 e. The number of nitrogens with one attached hydrogen (secondary N) is 2. The average molecular weight is 488 g/mol. The molecule has 2 aliphatic heterocycles. The van der Waals surface area contributed by atoms with Gasteiger partial charge in [0.1, 0.15) is 37.1 Å². The normalized spacial score (nSPS) is 26.2. The molecule has 0 spiro atoms. The maximum absolute atomic E-state index is 13.0. The van der Waals surface area contributed by atoms with Gasteiger partial charge in [-0.25, -0.2) is 24.1 Å². The van der Waals surface area contributed by atoms with Crippen molar-refractivity contribution in [1.29, 1.82) is 0 Å². The zero-order valence-corrected chi connectivity index (χ0v) is 18.6. The standard InChI is InChI=1S/C22H25FN6O6/c23-13-3-1-12(2-4-13)7-24-22(32)34-9-15-17(30)18(31)21(35-15)29-11-27-16-19(25-10-26-20(16)29)28-14-5-6-33-8-14/h1-4,10-11,14-15,17-18,21,30-31H,5-9H2,(H,24,32)(H,25,26,28)/t14-,15-,17-,18-,21?/m1/s1. The Hall–Kier alpha value is -3.39. The number of carbonyl (C=O) groups excluding carboxylic acids is 1. The Balaban J connectivity index is 1.21. The van der Waals surface area contributed by atoms with Gasteiger partial charge in [-0.1, -0.05) is 12.1 Å². The van der Waals surface area contributed by atoms with E-state index in [1.165, 1.54) is 29.4 Å². The molecule has 4 N–H and O–H groups in total. The van der Waals surface area contributed by atoms with Crippen molar-refractivity contribution in [3.63, 3.8) is 0 Å². The second kappa shape index (κ2) is 10.1. The van der Waals surface area contributed by atoms with Crippen LogP contribution in [0.2, 0.25) is 0 Å². The van der Waals surface area contributed by atoms with Gasteiger partial charge in [0.05, 0.1) is 19.0 Å². The Morgan fingerprint density at radius 2 is 2.03 bits per heavy atom. The van der Waals surface area contributed by atoms with Crippen LogP contribution in [0.1, 0.15) is 18.2 Å². The molecule has 12 nitrogen and oxygen atoms in total. The van der Waals surface area contributed by atoms with Gasteiger partial charge in [0.2, 0.25) is 0 Å². The third kappa shape index (κ3) is 5.03. The molecule has 3 aromatic rings. The fourth-order valence-electron chi connectivity index (χ4n) is 4.07. The molecule has 0 radical (unpaired) electrons. The van der Waals surface area contributed by atoms with E-state index < -0.39 is 30.6 Å². The van der Waals surface area contributed by atoms with Crippen molar-refractivity contribution in [2.75, 3.05) is 25.1 Å². The predicted molar refractivity (Wildman–Crippen MR) is 119 cm³/mol. The van der Waals surface area contributed by atoms with Gasteiger partial charge in [0.15, 0.2) is 23.2 Å². The van der Waals surface area contributed by atoms with Gasteiger partial charge in [-0.15, -0.1) is 0 Å². The zero-order valence-electron chi connectivity index (χ0n) is 18.6. The SMILES string of the molecule is O=C(NCc1ccc(F)cc1)OC[C@H]1OC(n2cnc3c(N[C@@H]4CCOC4)ncnc32)[C@H](O)[C@@H]1O. The highest BCUT2D eigenvalue weighted by atomic mass is 19.1. The largest absolute Gasteiger partial charge is 0.447 e. The van der Waals surface area contributed by atoms with Crippen LogP contribution in [-0.2, 0) is 20.8 Å². The first-order chi connectivity index (χ1) is 17.0. The number of hydrogen-bond donors (Lipinski definition) is 4. The minimum atomic E-state index is -1.31. The van der Waals surface area contributed by atoms with Gasteiger partial charge in [-0.2, -0.15) is 0 Å². The van der Waals surface area contributed by atoms with Crippen LogP contribution in [0, 0.1) is 5.82 Å². The van der Waals surface area contributed by atoms with Crippen LogP contribution in [0.4, 0.5) is 15.0 Å². The number of anilines is 1. The molecule has 5 atom stereocenters. The number of ether oxygens (including phenoxy) is 3. The van der Waals surface area contributed by atoms with Crippen LogP contribution in [0.3, 0.4) is 0 Å². The Labute approximate surface area is 199 Å². The summed E-state index contributed by atoms with van der Waals surface area (Å²) in [5.74, 6) is 0.167. The van der Waals surface area contributed by atoms with E-state index in [1.54, 1.807) is 12.1 Å². The molecule has 0 saturated carbocycles. The molecule has 2 aromatic heterocycles. The van der Waals surface area contributed by atoms with E-state index in [9.17, 15) is 19.4 Å². The third-order valence-electron chi connectivity index (χ3n) is 5.97. The number of benzene rings is 1. The summed E-state index contributed by atoms with van der Waals surface area (Å²) in [5.41, 5.74) is 1.60. The third-order valence-corrected chi connectivity index (χ3v) is 5.97. The lowest BCUT2D eigenvalue weighted by Gasteiger charge is -2.17. The van der Waals surface area contributed by atoms with Gasteiger partial charge >= 0.3 is 6.09 Å². The summed E-state index contributed by atoms with van der Waals surface area (Å²) in [6.45, 7) is 1.10. The molecule has 2 aliphatic rings. The Morgan fingerprint density at radius 1 is 1.20 bits per heavy atom. The number of aromatic nitrogens is 4. The van der Waals surface area contributed by atoms with Crippen molar-refractivity contribution in [1.82, 2.24) is 24.8 Å². The molecule has 1 unspecified atom stereocenters. The van der Waals surface area contributed by atoms with E-state index in [-0.39, 0.29) is 25.0 Å². The fraction of sp³-hybridized carbons (Fsp3) is 0.455. The van der Waals surface area contributed by atoms with E-state index in [0.717, 1.165) is 6.42 Å². The highest BCUT2D eigenvalue weighted by molar-refractivity contribution is 5.82. The lowest BCUT2D eigenvalue weighted by molar-refractivity contribution is -0.0533. The van der Waals surface area contributed by atoms with Crippen molar-refractivity contribution in [3.8, 4) is 0 Å². The number of alkyl carbamates (subject to hydrolysis) is 1. The van der Waals surface area contributed by atoms with E-state index in [4.69, 9.17) is 14.2 Å². The molecule has 35 heavy (non-hydrogen) atoms. The summed E-state index contributed by atoms with van der Waals surface area (Å²) in [5, 5.41) is 26.9. The molecular weight excluding hydrogens is 463 g/mol. The molecular formula is C22H25FN6O6. The second-order valence-electron chi connectivity index (χ2n) is 8.38. The number of imidazole rings is 1. The summed E-state index contributed by atoms with van der Waals surface area (Å²) in [7, 11) is 0. The molecule has 5 rings (SSSR count). The van der Waals surface area contributed by atoms with E-state index >= 15 is 0 Å². The molecule has 0 aliphatic carbocycles. The summed E-state index contributed by atoms with van der Waals surface area (Å²) in [4.78, 5) is 24.9. The highest BCUT2D eigenvalue weighted by Crippen LogP contribution is 2.32. The van der Waals surface area contributed by atoms with Gasteiger partial charge in [0, 0.05) is 13.2 Å². The number of fused-ring (bicyclic) bond motifs is 1. The number of aliphatic hydroxyl groups is 2. The number of hydrogen-bond acceptors (Lipinski definition) is 10. The molecule has 0 bridgehead atoms. The van der Waals surface area contributed by atoms with Gasteiger partial charge < -0.3 is 35.1 Å². The van der Waals surface area contributed by atoms with Crippen LogP contribution in [0.15, 0.2) is 36.9 Å². The monoisotopic (exact) mass is 488 g/mol. The maximum Gasteiger partial charge on any atom is 0.407 e. The van der Waals surface area contributed by atoms with E-state index in [2.05, 4.69) is 25.6 Å². The summed E-state index contributed by atoms with van der Waals surface area (Å²) >= 11 is 0. The van der Waals surface area contributed by atoms with Crippen molar-refractivity contribution in [3.05, 3.63) is 48.3 Å². The van der Waals surface area contributed by atoms with Crippen LogP contribution in [0.5, 0.6) is 0 Å². The average Bonchev–Trinajstić information content (AvgIpc) is 3.59. The van der Waals surface area contributed by atoms with E-state index in [1.807, 2.05) is 0 Å². The van der Waals surface area contributed by atoms with Gasteiger partial charge in [-0.05, 0) is 24.1 Å². The number of nitrogens with zero attached hydrogens (tertiary/aromatic N) is 4. The molecule has 186 valence electrons. The van der Waals surface area contributed by atoms with Crippen molar-refractivity contribution < 1.29 is 33.6 Å². The predicted octanol–water partition coefficient (Wildman–Crippen LogP) is 0.712. The second-order valence-corrected chi connectivity index (χ2v) is 8.38. The highest BCUT2D eigenvalue weighted by Gasteiger charge is 2.45. The first kappa shape index (κ1) is 23.4. The molecule has 13 heteroatoms. The number of rotatable bonds is 7. The summed E-state index contributed by atoms with van der Waals surface area (Å²) in [6.07, 6.45) is -1.65. The van der Waals surface area contributed by atoms with Gasteiger partial charge in [-0.3, -0.25) is 4.57 Å². The molecule has 2 fully saturated rings. The summed E-state index contributed by atoms with van der Waals surface area (Å²) in [6, 6.07) is 5.78. The minimum absolute atomic E-state index is 0.115. The molecule has 1 aromatic carbocycles. The lowest BCUT2D eigenvalue weighted by atomic mass is 10.1. The summed E-state index contributed by atoms with van der Waals surface area (Å²) < 4.78 is 30.8. The molecule has 2 saturated heterocycles. The maximum atomic E-state index is 13.0. The number of aliphatic hydroxyl groups excluding tert-OH is 2. The zero-order chi connectivity index (χ0) is 24.4. The van der Waals surface area contributed by atoms with Crippen molar-refractivity contribution in [2.45, 2.75) is 43.5 Å². The fourth-order valence-corrected chi connectivity index (χ4v) is 4.07. The van der Waals surface area contributed by atoms with Crippen LogP contribution < -0.4 is 10.6 Å². The van der Waals surface area contributed by atoms with Crippen molar-refractivity contribution in [2.24, 2.45) is 0 Å². The topological polar surface area (TPSA) is 153 Å². The number of amides is 1. The number of halogens is 1. The first-order valence-electron chi connectivity index (χ1n) is 11.2. The Bertz CT molecular complexity index is 1170. The van der Waals surface area contributed by atoms with Crippen LogP contribution in [-0.4, -0.2) is 80.0 Å². The van der Waals surface area contributed by atoms with Crippen LogP contribution in [0.25, 0.3) is 11.2 Å².